The van der Waals surface area contributed by atoms with Gasteiger partial charge < -0.3 is 38.1 Å². The molecule has 4 aliphatic carbocycles. The van der Waals surface area contributed by atoms with Crippen LogP contribution in [-0.4, -0.2) is 95.5 Å². The molecule has 0 aromatic heterocycles. The molecule has 3 saturated heterocycles. The van der Waals surface area contributed by atoms with Crippen LogP contribution in [0.5, 0.6) is 11.5 Å². The molecule has 4 saturated carbocycles. The number of carbonyl (C=O) groups is 5. The number of phenolic OH excluding ortho intramolecular Hbond substituents is 1. The number of aromatic hydroxyl groups is 1. The van der Waals surface area contributed by atoms with Gasteiger partial charge in [0.25, 0.3) is 6.10 Å². The van der Waals surface area contributed by atoms with Crippen molar-refractivity contribution in [3.05, 3.63) is 115 Å². The second-order valence-corrected chi connectivity index (χ2v) is 31.9. The van der Waals surface area contributed by atoms with Gasteiger partial charge in [-0.15, -0.1) is 0 Å². The lowest BCUT2D eigenvalue weighted by molar-refractivity contribution is -0.262. The van der Waals surface area contributed by atoms with Crippen molar-refractivity contribution < 1.29 is 96.8 Å². The van der Waals surface area contributed by atoms with E-state index in [2.05, 4.69) is 42.8 Å². The van der Waals surface area contributed by atoms with Crippen LogP contribution in [0.1, 0.15) is 161 Å². The van der Waals surface area contributed by atoms with Gasteiger partial charge in [0.15, 0.2) is 37.0 Å². The lowest BCUT2D eigenvalue weighted by atomic mass is 9.65. The molecule has 6 bridgehead atoms. The summed E-state index contributed by atoms with van der Waals surface area (Å²) < 4.78 is 139. The minimum absolute atomic E-state index is 0.0455. The average molecular weight is 1380 g/mol. The summed E-state index contributed by atoms with van der Waals surface area (Å²) in [5, 5.41) is 3.24. The molecule has 7 aliphatic rings. The van der Waals surface area contributed by atoms with Gasteiger partial charge in [-0.05, 0) is 228 Å². The van der Waals surface area contributed by atoms with E-state index < -0.39 is 62.1 Å². The number of carbonyl (C=O) groups excluding carboxylic acids is 5. The first-order valence-corrected chi connectivity index (χ1v) is 35.4. The fraction of sp³-hybridized carbons (Fsp3) is 0.597. The fourth-order valence-corrected chi connectivity index (χ4v) is 16.0. The maximum absolute atomic E-state index is 13.2. The van der Waals surface area contributed by atoms with Crippen LogP contribution in [-0.2, 0) is 68.7 Å². The number of ether oxygens (including phenoxy) is 6. The first-order valence-electron chi connectivity index (χ1n) is 32.8. The van der Waals surface area contributed by atoms with E-state index in [1.54, 1.807) is 12.1 Å². The van der Waals surface area contributed by atoms with Crippen molar-refractivity contribution in [2.45, 2.75) is 223 Å². The Kier molecular flexibility index (Phi) is 24.0. The molecule has 3 aliphatic heterocycles. The molecule has 15 nitrogen and oxygen atoms in total. The Bertz CT molecular complexity index is 3360. The highest BCUT2D eigenvalue weighted by atomic mass is 32.2. The fourth-order valence-electron chi connectivity index (χ4n) is 13.4. The Hall–Kier alpha value is -6.17. The monoisotopic (exact) mass is 1370 g/mol. The minimum atomic E-state index is -6.66. The van der Waals surface area contributed by atoms with Crippen LogP contribution < -0.4 is 4.74 Å². The normalized spacial score (nSPS) is 26.4. The molecule has 3 heterocycles. The van der Waals surface area contributed by atoms with Gasteiger partial charge in [-0.25, -0.2) is 12.8 Å². The molecular weight excluding hydrogens is 1280 g/mol. The maximum Gasteiger partial charge on any atom is 0.432 e. The predicted octanol–water partition coefficient (Wildman–Crippen LogP) is 15.6. The first-order chi connectivity index (χ1) is 44.2. The van der Waals surface area contributed by atoms with Gasteiger partial charge in [0.1, 0.15) is 29.0 Å². The number of esters is 5. The molecule has 13 unspecified atom stereocenters. The smallest absolute Gasteiger partial charge is 0.432 e. The molecule has 7 fully saturated rings. The van der Waals surface area contributed by atoms with E-state index in [9.17, 15) is 63.3 Å². The molecule has 11 rings (SSSR count). The number of rotatable bonds is 18. The highest BCUT2D eigenvalue weighted by molar-refractivity contribution is 7.97. The molecule has 1 N–H and O–H groups in total. The zero-order valence-electron chi connectivity index (χ0n) is 56.3. The Morgan fingerprint density at radius 2 is 1.12 bits per heavy atom. The van der Waals surface area contributed by atoms with Crippen molar-refractivity contribution in [3.8, 4) is 11.5 Å². The van der Waals surface area contributed by atoms with Gasteiger partial charge in [0, 0.05) is 5.92 Å². The summed E-state index contributed by atoms with van der Waals surface area (Å²) in [7, 11) is -6.85. The quantitative estimate of drug-likeness (QED) is 0.0186. The molecule has 0 spiro atoms. The third-order valence-electron chi connectivity index (χ3n) is 20.8. The summed E-state index contributed by atoms with van der Waals surface area (Å²) >= 11 is 0. The van der Waals surface area contributed by atoms with Gasteiger partial charge in [-0.1, -0.05) is 71.0 Å². The second-order valence-electron chi connectivity index (χ2n) is 28.4. The molecule has 95 heavy (non-hydrogen) atoms. The van der Waals surface area contributed by atoms with Crippen molar-refractivity contribution in [1.82, 2.24) is 0 Å². The number of fused-ring (bicyclic) bond motifs is 10. The van der Waals surface area contributed by atoms with Gasteiger partial charge in [-0.2, -0.15) is 22.0 Å². The average Bonchev–Trinajstić information content (AvgIpc) is 1.54. The van der Waals surface area contributed by atoms with Gasteiger partial charge in [0.2, 0.25) is 0 Å². The van der Waals surface area contributed by atoms with E-state index >= 15 is 0 Å². The number of hydrogen-bond acceptors (Lipinski definition) is 15. The molecular formula is C72H92F6O15S2. The van der Waals surface area contributed by atoms with Gasteiger partial charge >= 0.3 is 41.3 Å². The third-order valence-corrected chi connectivity index (χ3v) is 23.9. The summed E-state index contributed by atoms with van der Waals surface area (Å²) in [6.07, 6.45) is -0.669. The first kappa shape index (κ1) is 76.2. The SMILES string of the molecule is CCC(C)(C)C(=O)OC(C(F)(F)F)C(F)(F)S(=O)(=O)[O-].CCC(C)(C)C(=O)OC1(CC)CC2CC1C1C3CCC(C3)C21.CCC(C)(C)C(=O)OC1C2CC3C(=O)OC1C3O2.CCC(C)(C)C(=O)Oc1ccc(O)cc1.Fc1ccc([S+](c2ccccc2)c2ccccc2)cc1. The Balaban J connectivity index is 0.000000169. The molecule has 4 aromatic carbocycles. The standard InChI is InChI=1S/C20H32O2.C18H14FS.C13H18O5.C12H16O3.C9H13F5O5S/c1-5-19(3,4)18(21)22-20(6-2)11-14-10-15(20)17-13-8-7-12(9-13)16(14)17;19-15-11-13-18(14-12-15)20(16-7-3-1-4-8-16)17-9-5-2-6-10-17;1-4-13(2,3)12(15)18-9-7-5-6-8(16-7)10(9)17-11(6)14;1-4-12(2,3)11(14)15-10-7-5-9(13)6-8-10;1-4-7(2,3)6(15)19-5(8(10,11)12)9(13,14)20(16,17)18/h12-17H,5-11H2,1-4H3;1-14H;6-10H,4-5H2,1-3H3;5-8,13H,4H2,1-3H3;5H,4H2,1-3H3,(H,16,17,18)/q;+1;;;/p-1. The van der Waals surface area contributed by atoms with Crippen LogP contribution in [0.15, 0.2) is 124 Å². The molecule has 23 heteroatoms. The number of hydrogen-bond donors (Lipinski definition) is 1. The third kappa shape index (κ3) is 17.0. The van der Waals surface area contributed by atoms with Crippen molar-refractivity contribution in [3.63, 3.8) is 0 Å². The molecule has 0 radical (unpaired) electrons. The van der Waals surface area contributed by atoms with Crippen molar-refractivity contribution in [2.24, 2.45) is 63.1 Å². The minimum Gasteiger partial charge on any atom is -0.743 e. The lowest BCUT2D eigenvalue weighted by Crippen LogP contribution is -2.53. The number of halogens is 6. The van der Waals surface area contributed by atoms with Gasteiger partial charge in [0.05, 0.1) is 44.6 Å². The second kappa shape index (κ2) is 29.9. The van der Waals surface area contributed by atoms with Crippen LogP contribution in [0.3, 0.4) is 0 Å². The summed E-state index contributed by atoms with van der Waals surface area (Å²) in [6, 6.07) is 33.6. The Labute approximate surface area is 557 Å². The van der Waals surface area contributed by atoms with Crippen molar-refractivity contribution in [2.75, 3.05) is 0 Å². The molecule has 524 valence electrons. The summed E-state index contributed by atoms with van der Waals surface area (Å²) in [6.45, 7) is 23.3. The zero-order valence-corrected chi connectivity index (χ0v) is 58.0. The summed E-state index contributed by atoms with van der Waals surface area (Å²) in [4.78, 5) is 63.0. The van der Waals surface area contributed by atoms with E-state index in [4.69, 9.17) is 28.8 Å². The van der Waals surface area contributed by atoms with Crippen LogP contribution in [0.2, 0.25) is 0 Å². The van der Waals surface area contributed by atoms with Crippen LogP contribution in [0, 0.1) is 68.9 Å². The van der Waals surface area contributed by atoms with E-state index in [-0.39, 0.29) is 81.9 Å². The molecule has 13 atom stereocenters. The van der Waals surface area contributed by atoms with Crippen LogP contribution >= 0.6 is 0 Å². The highest BCUT2D eigenvalue weighted by Gasteiger charge is 2.69. The van der Waals surface area contributed by atoms with E-state index in [1.807, 2.05) is 104 Å². The summed E-state index contributed by atoms with van der Waals surface area (Å²) in [5.41, 5.74) is -2.99. The summed E-state index contributed by atoms with van der Waals surface area (Å²) in [5.74, 6) is 3.28. The maximum atomic E-state index is 13.2. The van der Waals surface area contributed by atoms with E-state index in [0.717, 1.165) is 74.0 Å². The van der Waals surface area contributed by atoms with E-state index in [0.29, 0.717) is 24.5 Å². The van der Waals surface area contributed by atoms with Gasteiger partial charge in [-0.3, -0.25) is 24.0 Å². The Morgan fingerprint density at radius 1 is 0.632 bits per heavy atom. The molecule has 4 aromatic rings. The zero-order chi connectivity index (χ0) is 70.6. The number of benzene rings is 4. The Morgan fingerprint density at radius 3 is 1.61 bits per heavy atom. The van der Waals surface area contributed by atoms with Crippen LogP contribution in [0.4, 0.5) is 26.3 Å². The predicted molar refractivity (Wildman–Crippen MR) is 342 cm³/mol. The van der Waals surface area contributed by atoms with Crippen LogP contribution in [0.25, 0.3) is 0 Å². The van der Waals surface area contributed by atoms with Crippen molar-refractivity contribution in [1.29, 1.82) is 0 Å². The molecule has 0 amide bonds. The topological polar surface area (TPSA) is 218 Å². The number of alkyl halides is 5. The number of phenols is 1. The largest absolute Gasteiger partial charge is 0.743 e. The highest BCUT2D eigenvalue weighted by Crippen LogP contribution is 2.71. The lowest BCUT2D eigenvalue weighted by Gasteiger charge is -2.46. The van der Waals surface area contributed by atoms with E-state index in [1.165, 1.54) is 66.7 Å². The van der Waals surface area contributed by atoms with Crippen molar-refractivity contribution >= 4 is 50.9 Å².